The molecular weight excluding hydrogens is 289 g/mol. The topological polar surface area (TPSA) is 79.8 Å². The SMILES string of the molecule is COP(N[P+](N=[P+](OC)OC)(OC)OC)OC. The summed E-state index contributed by atoms with van der Waals surface area (Å²) in [6, 6.07) is 0. The molecule has 11 heteroatoms. The summed E-state index contributed by atoms with van der Waals surface area (Å²) in [6.45, 7) is 0. The molecule has 0 aromatic rings. The quantitative estimate of drug-likeness (QED) is 0.656. The van der Waals surface area contributed by atoms with Crippen molar-refractivity contribution in [2.24, 2.45) is 4.52 Å². The Morgan fingerprint density at radius 2 is 1.41 bits per heavy atom. The molecule has 0 rings (SSSR count). The molecular formula is C6H19N2O6P3+2. The van der Waals surface area contributed by atoms with Gasteiger partial charge in [0.2, 0.25) is 0 Å². The first-order valence-electron chi connectivity index (χ1n) is 4.39. The summed E-state index contributed by atoms with van der Waals surface area (Å²) >= 11 is 0. The predicted molar refractivity (Wildman–Crippen MR) is 68.4 cm³/mol. The van der Waals surface area contributed by atoms with Gasteiger partial charge in [-0.2, -0.15) is 9.05 Å². The van der Waals surface area contributed by atoms with E-state index in [4.69, 9.17) is 27.1 Å². The lowest BCUT2D eigenvalue weighted by atomic mass is 11.8. The van der Waals surface area contributed by atoms with E-state index in [1.165, 1.54) is 42.7 Å². The van der Waals surface area contributed by atoms with E-state index in [0.717, 1.165) is 0 Å². The van der Waals surface area contributed by atoms with E-state index in [9.17, 15) is 0 Å². The van der Waals surface area contributed by atoms with Crippen LogP contribution < -0.4 is 4.86 Å². The fourth-order valence-electron chi connectivity index (χ4n) is 0.752. The van der Waals surface area contributed by atoms with Crippen LogP contribution in [-0.2, 0) is 27.1 Å². The molecule has 0 aromatic heterocycles. The minimum Gasteiger partial charge on any atom is -0.323 e. The van der Waals surface area contributed by atoms with Crippen LogP contribution in [0, 0.1) is 0 Å². The van der Waals surface area contributed by atoms with Gasteiger partial charge < -0.3 is 9.05 Å². The average molecular weight is 308 g/mol. The molecule has 0 heterocycles. The molecule has 0 aromatic carbocycles. The van der Waals surface area contributed by atoms with E-state index in [0.29, 0.717) is 0 Å². The Labute approximate surface area is 104 Å². The maximum Gasteiger partial charge on any atom is 0.604 e. The minimum atomic E-state index is -2.70. The van der Waals surface area contributed by atoms with Gasteiger partial charge in [-0.05, 0) is 4.86 Å². The normalized spacial score (nSPS) is 11.9. The molecule has 0 aliphatic heterocycles. The number of nitrogens with one attached hydrogen (secondary N) is 1. The summed E-state index contributed by atoms with van der Waals surface area (Å²) in [6.07, 6.45) is 0. The van der Waals surface area contributed by atoms with Crippen LogP contribution in [-0.4, -0.2) is 42.7 Å². The highest BCUT2D eigenvalue weighted by atomic mass is 31.3. The second-order valence-electron chi connectivity index (χ2n) is 2.30. The average Bonchev–Trinajstić information content (AvgIpc) is 2.40. The summed E-state index contributed by atoms with van der Waals surface area (Å²) in [4.78, 5) is 2.94. The molecule has 0 spiro atoms. The Balaban J connectivity index is 4.94. The Hall–Kier alpha value is 0.680. The van der Waals surface area contributed by atoms with Crippen LogP contribution in [0.2, 0.25) is 0 Å². The monoisotopic (exact) mass is 308 g/mol. The van der Waals surface area contributed by atoms with Crippen molar-refractivity contribution in [3.8, 4) is 0 Å². The third-order valence-electron chi connectivity index (χ3n) is 1.54. The van der Waals surface area contributed by atoms with E-state index in [2.05, 4.69) is 9.37 Å². The second-order valence-corrected chi connectivity index (χ2v) is 8.04. The van der Waals surface area contributed by atoms with Gasteiger partial charge in [0.05, 0.1) is 28.4 Å². The molecule has 0 aliphatic rings. The molecule has 0 bridgehead atoms. The molecule has 0 unspecified atom stereocenters. The van der Waals surface area contributed by atoms with Crippen LogP contribution in [0.4, 0.5) is 0 Å². The van der Waals surface area contributed by atoms with E-state index >= 15 is 0 Å². The van der Waals surface area contributed by atoms with Crippen LogP contribution in [0.3, 0.4) is 0 Å². The Kier molecular flexibility index (Phi) is 9.97. The summed E-state index contributed by atoms with van der Waals surface area (Å²) in [7, 11) is 3.49. The first kappa shape index (κ1) is 17.7. The van der Waals surface area contributed by atoms with Crippen LogP contribution in [0.5, 0.6) is 0 Å². The van der Waals surface area contributed by atoms with Crippen LogP contribution in [0.1, 0.15) is 0 Å². The lowest BCUT2D eigenvalue weighted by Crippen LogP contribution is -2.13. The van der Waals surface area contributed by atoms with Gasteiger partial charge in [0.25, 0.3) is 8.53 Å². The molecule has 0 amide bonds. The van der Waals surface area contributed by atoms with Gasteiger partial charge in [0.1, 0.15) is 0 Å². The van der Waals surface area contributed by atoms with Gasteiger partial charge in [-0.1, -0.05) is 0 Å². The number of hydrogen-bond acceptors (Lipinski definition) is 8. The largest absolute Gasteiger partial charge is 0.604 e. The smallest absolute Gasteiger partial charge is 0.323 e. The first-order chi connectivity index (χ1) is 8.11. The van der Waals surface area contributed by atoms with Crippen molar-refractivity contribution >= 4 is 24.7 Å². The zero-order valence-corrected chi connectivity index (χ0v) is 13.4. The fourth-order valence-corrected chi connectivity index (χ4v) is 5.79. The fraction of sp³-hybridized carbons (Fsp3) is 1.00. The van der Waals surface area contributed by atoms with Gasteiger partial charge in [0, 0.05) is 14.2 Å². The van der Waals surface area contributed by atoms with Crippen molar-refractivity contribution in [3.63, 3.8) is 0 Å². The lowest BCUT2D eigenvalue weighted by molar-refractivity contribution is 0.296. The molecule has 0 aliphatic carbocycles. The van der Waals surface area contributed by atoms with Gasteiger partial charge in [0.15, 0.2) is 4.52 Å². The van der Waals surface area contributed by atoms with Gasteiger partial charge in [-0.25, -0.2) is 0 Å². The minimum absolute atomic E-state index is 1.34. The van der Waals surface area contributed by atoms with Crippen molar-refractivity contribution in [2.45, 2.75) is 0 Å². The maximum absolute atomic E-state index is 5.28. The third kappa shape index (κ3) is 5.90. The van der Waals surface area contributed by atoms with Crippen molar-refractivity contribution in [3.05, 3.63) is 0 Å². The molecule has 8 nitrogen and oxygen atoms in total. The van der Waals surface area contributed by atoms with Crippen molar-refractivity contribution < 1.29 is 27.1 Å². The first-order valence-corrected chi connectivity index (χ1v) is 8.28. The highest BCUT2D eigenvalue weighted by Gasteiger charge is 2.52. The Bertz CT molecular complexity index is 230. The van der Waals surface area contributed by atoms with Gasteiger partial charge in [-0.3, -0.25) is 0 Å². The van der Waals surface area contributed by atoms with E-state index in [1.807, 2.05) is 0 Å². The molecule has 1 N–H and O–H groups in total. The molecule has 0 fully saturated rings. The lowest BCUT2D eigenvalue weighted by Gasteiger charge is -2.15. The Morgan fingerprint density at radius 3 is 1.71 bits per heavy atom. The number of hydrogen-bond donors (Lipinski definition) is 1. The van der Waals surface area contributed by atoms with Crippen LogP contribution >= 0.6 is 24.7 Å². The molecule has 0 atom stereocenters. The third-order valence-corrected chi connectivity index (χ3v) is 7.01. The molecule has 0 saturated carbocycles. The standard InChI is InChI=1S/C6H19N2O6P3/c1-9-15(10-2)7-17(13-5,14-6)8-16(11-3)12-4/h7H,1-6H3/q+2. The van der Waals surface area contributed by atoms with Crippen molar-refractivity contribution in [2.75, 3.05) is 42.7 Å². The zero-order valence-electron chi connectivity index (χ0n) is 10.7. The van der Waals surface area contributed by atoms with Gasteiger partial charge in [-0.15, -0.1) is 9.05 Å². The van der Waals surface area contributed by atoms with Gasteiger partial charge >= 0.3 is 16.2 Å². The molecule has 17 heavy (non-hydrogen) atoms. The van der Waals surface area contributed by atoms with E-state index in [-0.39, 0.29) is 0 Å². The number of nitrogens with zero attached hydrogens (tertiary/aromatic N) is 1. The molecule has 0 radical (unpaired) electrons. The summed E-state index contributed by atoms with van der Waals surface area (Å²) in [5, 5.41) is 0. The maximum atomic E-state index is 5.28. The van der Waals surface area contributed by atoms with E-state index in [1.54, 1.807) is 0 Å². The van der Waals surface area contributed by atoms with Crippen LogP contribution in [0.15, 0.2) is 4.52 Å². The Morgan fingerprint density at radius 1 is 0.941 bits per heavy atom. The molecule has 0 saturated heterocycles. The highest BCUT2D eigenvalue weighted by Crippen LogP contribution is 2.66. The number of rotatable bonds is 9. The summed E-state index contributed by atoms with van der Waals surface area (Å²) < 4.78 is 35.0. The predicted octanol–water partition coefficient (Wildman–Crippen LogP) is 2.85. The van der Waals surface area contributed by atoms with Crippen LogP contribution in [0.25, 0.3) is 0 Å². The van der Waals surface area contributed by atoms with Crippen molar-refractivity contribution in [1.29, 1.82) is 0 Å². The highest BCUT2D eigenvalue weighted by molar-refractivity contribution is 7.74. The second kappa shape index (κ2) is 9.59. The summed E-state index contributed by atoms with van der Waals surface area (Å²) in [5.41, 5.74) is 0. The molecule has 102 valence electrons. The zero-order chi connectivity index (χ0) is 13.3. The van der Waals surface area contributed by atoms with E-state index < -0.39 is 24.7 Å². The van der Waals surface area contributed by atoms with Crippen molar-refractivity contribution in [1.82, 2.24) is 4.86 Å². The summed E-state index contributed by atoms with van der Waals surface area (Å²) in [5.74, 6) is 0.